The van der Waals surface area contributed by atoms with Crippen molar-refractivity contribution in [1.82, 2.24) is 20.3 Å². The number of hydrogen-bond donors (Lipinski definition) is 1. The van der Waals surface area contributed by atoms with E-state index in [0.29, 0.717) is 5.92 Å². The lowest BCUT2D eigenvalue weighted by Crippen LogP contribution is -2.33. The van der Waals surface area contributed by atoms with Gasteiger partial charge in [0.15, 0.2) is 0 Å². The van der Waals surface area contributed by atoms with E-state index in [9.17, 15) is 0 Å². The summed E-state index contributed by atoms with van der Waals surface area (Å²) in [5.41, 5.74) is 2.21. The molecule has 138 valence electrons. The van der Waals surface area contributed by atoms with Crippen LogP contribution in [-0.4, -0.2) is 47.3 Å². The van der Waals surface area contributed by atoms with Gasteiger partial charge in [-0.2, -0.15) is 0 Å². The molecule has 6 nitrogen and oxygen atoms in total. The van der Waals surface area contributed by atoms with E-state index < -0.39 is 0 Å². The Bertz CT molecular complexity index is 684. The summed E-state index contributed by atoms with van der Waals surface area (Å²) < 4.78 is 5.88. The van der Waals surface area contributed by atoms with Gasteiger partial charge in [0.2, 0.25) is 0 Å². The number of rotatable bonds is 6. The van der Waals surface area contributed by atoms with Gasteiger partial charge in [0.05, 0.1) is 18.3 Å². The number of nitrogens with one attached hydrogen (secondary N) is 1. The molecule has 0 bridgehead atoms. The average molecular weight is 353 g/mol. The van der Waals surface area contributed by atoms with Crippen LogP contribution in [-0.2, 0) is 11.3 Å². The van der Waals surface area contributed by atoms with Crippen LogP contribution in [0.4, 0.5) is 5.82 Å². The van der Waals surface area contributed by atoms with Gasteiger partial charge < -0.3 is 15.0 Å². The molecule has 0 spiro atoms. The topological polar surface area (TPSA) is 63.2 Å². The normalized spacial score (nSPS) is 21.0. The Morgan fingerprint density at radius 1 is 1.12 bits per heavy atom. The number of ether oxygens (including phenoxy) is 1. The Kier molecular flexibility index (Phi) is 5.72. The first-order valence-electron chi connectivity index (χ1n) is 9.67. The first-order chi connectivity index (χ1) is 12.9. The van der Waals surface area contributed by atoms with Crippen molar-refractivity contribution in [3.05, 3.63) is 48.2 Å². The maximum atomic E-state index is 5.88. The monoisotopic (exact) mass is 353 g/mol. The fraction of sp³-hybridized carbons (Fsp3) is 0.550. The summed E-state index contributed by atoms with van der Waals surface area (Å²) in [5, 5.41) is 3.42. The Morgan fingerprint density at radius 3 is 2.81 bits per heavy atom. The standard InChI is InChI=1S/C20H27N5O/c1-2-8-22-17(4-1)13-25(14-18-5-3-11-26-18)20-12-19(23-15-24-20)16-6-9-21-10-7-16/h1-2,4,8,12,15-16,18,21H,3,5-7,9-11,13-14H2/t18-/m0/s1. The van der Waals surface area contributed by atoms with Gasteiger partial charge in [-0.05, 0) is 50.9 Å². The van der Waals surface area contributed by atoms with Crippen LogP contribution >= 0.6 is 0 Å². The molecule has 4 rings (SSSR count). The molecule has 2 fully saturated rings. The van der Waals surface area contributed by atoms with Crippen LogP contribution in [0.15, 0.2) is 36.8 Å². The fourth-order valence-electron chi connectivity index (χ4n) is 3.84. The van der Waals surface area contributed by atoms with Crippen molar-refractivity contribution >= 4 is 5.82 Å². The highest BCUT2D eigenvalue weighted by atomic mass is 16.5. The van der Waals surface area contributed by atoms with E-state index in [2.05, 4.69) is 37.3 Å². The Balaban J connectivity index is 1.55. The minimum atomic E-state index is 0.274. The number of anilines is 1. The van der Waals surface area contributed by atoms with Crippen LogP contribution < -0.4 is 10.2 Å². The smallest absolute Gasteiger partial charge is 0.132 e. The highest BCUT2D eigenvalue weighted by molar-refractivity contribution is 5.40. The number of hydrogen-bond acceptors (Lipinski definition) is 6. The molecule has 2 saturated heterocycles. The molecule has 0 saturated carbocycles. The van der Waals surface area contributed by atoms with Gasteiger partial charge >= 0.3 is 0 Å². The zero-order valence-electron chi connectivity index (χ0n) is 15.2. The first kappa shape index (κ1) is 17.4. The number of pyridine rings is 1. The van der Waals surface area contributed by atoms with E-state index in [0.717, 1.165) is 75.7 Å². The summed E-state index contributed by atoms with van der Waals surface area (Å²) in [6.45, 7) is 4.59. The van der Waals surface area contributed by atoms with Crippen molar-refractivity contribution in [2.45, 2.75) is 44.2 Å². The zero-order valence-corrected chi connectivity index (χ0v) is 15.2. The molecule has 0 aliphatic carbocycles. The summed E-state index contributed by atoms with van der Waals surface area (Å²) in [7, 11) is 0. The fourth-order valence-corrected chi connectivity index (χ4v) is 3.84. The summed E-state index contributed by atoms with van der Waals surface area (Å²) >= 11 is 0. The SMILES string of the molecule is c1ccc(CN(C[C@@H]2CCCO2)c2cc(C3CCNCC3)ncn2)nc1. The predicted molar refractivity (Wildman–Crippen MR) is 101 cm³/mol. The molecule has 2 aliphatic rings. The lowest BCUT2D eigenvalue weighted by molar-refractivity contribution is 0.115. The van der Waals surface area contributed by atoms with Crippen LogP contribution in [0.1, 0.15) is 43.0 Å². The second-order valence-corrected chi connectivity index (χ2v) is 7.16. The highest BCUT2D eigenvalue weighted by Crippen LogP contribution is 2.26. The molecule has 0 amide bonds. The van der Waals surface area contributed by atoms with Crippen molar-refractivity contribution in [1.29, 1.82) is 0 Å². The van der Waals surface area contributed by atoms with Crippen LogP contribution in [0.25, 0.3) is 0 Å². The molecular formula is C20H27N5O. The second-order valence-electron chi connectivity index (χ2n) is 7.16. The largest absolute Gasteiger partial charge is 0.376 e. The molecule has 2 aromatic rings. The zero-order chi connectivity index (χ0) is 17.6. The minimum absolute atomic E-state index is 0.274. The lowest BCUT2D eigenvalue weighted by Gasteiger charge is -2.27. The van der Waals surface area contributed by atoms with E-state index in [-0.39, 0.29) is 6.10 Å². The summed E-state index contributed by atoms with van der Waals surface area (Å²) in [5.74, 6) is 1.51. The average Bonchev–Trinajstić information content (AvgIpc) is 3.22. The lowest BCUT2D eigenvalue weighted by atomic mass is 9.94. The second kappa shape index (κ2) is 8.56. The van der Waals surface area contributed by atoms with E-state index in [1.54, 1.807) is 6.33 Å². The Labute approximate surface area is 155 Å². The molecule has 2 aliphatic heterocycles. The third kappa shape index (κ3) is 4.37. The van der Waals surface area contributed by atoms with Gasteiger partial charge in [-0.1, -0.05) is 6.07 Å². The van der Waals surface area contributed by atoms with Crippen molar-refractivity contribution in [2.75, 3.05) is 31.1 Å². The van der Waals surface area contributed by atoms with Crippen molar-refractivity contribution in [3.8, 4) is 0 Å². The predicted octanol–water partition coefficient (Wildman–Crippen LogP) is 2.52. The first-order valence-corrected chi connectivity index (χ1v) is 9.67. The van der Waals surface area contributed by atoms with Crippen molar-refractivity contribution in [2.24, 2.45) is 0 Å². The van der Waals surface area contributed by atoms with Crippen molar-refractivity contribution in [3.63, 3.8) is 0 Å². The van der Waals surface area contributed by atoms with Gasteiger partial charge in [0, 0.05) is 37.0 Å². The van der Waals surface area contributed by atoms with Crippen LogP contribution in [0.5, 0.6) is 0 Å². The Morgan fingerprint density at radius 2 is 2.04 bits per heavy atom. The molecule has 2 aromatic heterocycles. The number of piperidine rings is 1. The number of aromatic nitrogens is 3. The molecule has 1 N–H and O–H groups in total. The molecule has 0 unspecified atom stereocenters. The molecule has 4 heterocycles. The van der Waals surface area contributed by atoms with E-state index in [4.69, 9.17) is 4.74 Å². The number of nitrogens with zero attached hydrogens (tertiary/aromatic N) is 4. The van der Waals surface area contributed by atoms with E-state index in [1.807, 2.05) is 18.3 Å². The summed E-state index contributed by atoms with van der Waals surface area (Å²) in [6, 6.07) is 8.23. The summed E-state index contributed by atoms with van der Waals surface area (Å²) in [6.07, 6.45) is 8.38. The van der Waals surface area contributed by atoms with Gasteiger partial charge in [-0.3, -0.25) is 4.98 Å². The van der Waals surface area contributed by atoms with Crippen LogP contribution in [0, 0.1) is 0 Å². The highest BCUT2D eigenvalue weighted by Gasteiger charge is 2.22. The third-order valence-corrected chi connectivity index (χ3v) is 5.28. The van der Waals surface area contributed by atoms with Gasteiger partial charge in [0.1, 0.15) is 12.1 Å². The molecule has 0 aromatic carbocycles. The maximum Gasteiger partial charge on any atom is 0.132 e. The van der Waals surface area contributed by atoms with Gasteiger partial charge in [-0.15, -0.1) is 0 Å². The van der Waals surface area contributed by atoms with Gasteiger partial charge in [-0.25, -0.2) is 9.97 Å². The summed E-state index contributed by atoms with van der Waals surface area (Å²) in [4.78, 5) is 16.0. The van der Waals surface area contributed by atoms with Crippen LogP contribution in [0.2, 0.25) is 0 Å². The molecule has 1 atom stereocenters. The van der Waals surface area contributed by atoms with Crippen LogP contribution in [0.3, 0.4) is 0 Å². The quantitative estimate of drug-likeness (QED) is 0.861. The molecular weight excluding hydrogens is 326 g/mol. The minimum Gasteiger partial charge on any atom is -0.376 e. The van der Waals surface area contributed by atoms with E-state index >= 15 is 0 Å². The van der Waals surface area contributed by atoms with Crippen molar-refractivity contribution < 1.29 is 4.74 Å². The third-order valence-electron chi connectivity index (χ3n) is 5.28. The molecule has 0 radical (unpaired) electrons. The van der Waals surface area contributed by atoms with E-state index in [1.165, 1.54) is 0 Å². The maximum absolute atomic E-state index is 5.88. The molecule has 6 heteroatoms. The Hall–Kier alpha value is -2.05. The van der Waals surface area contributed by atoms with Gasteiger partial charge in [0.25, 0.3) is 0 Å². The molecule has 26 heavy (non-hydrogen) atoms.